The number of aliphatic hydroxyl groups excluding tert-OH is 1. The minimum atomic E-state index is -0.514. The van der Waals surface area contributed by atoms with E-state index in [0.29, 0.717) is 0 Å². The van der Waals surface area contributed by atoms with Crippen LogP contribution in [0, 0.1) is 0 Å². The Morgan fingerprint density at radius 1 is 1.55 bits per heavy atom. The minimum Gasteiger partial charge on any atom is -0.387 e. The van der Waals surface area contributed by atoms with Gasteiger partial charge in [0.2, 0.25) is 5.91 Å². The highest BCUT2D eigenvalue weighted by Crippen LogP contribution is 1.86. The molecule has 0 spiro atoms. The first-order chi connectivity index (χ1) is 5.24. The smallest absolute Gasteiger partial charge is 0.245 e. The number of ether oxygens (including phenoxy) is 2. The number of hydrogen-bond acceptors (Lipinski definition) is 4. The van der Waals surface area contributed by atoms with Crippen molar-refractivity contribution in [2.75, 3.05) is 27.4 Å². The lowest BCUT2D eigenvalue weighted by atomic mass is 10.5. The molecule has 0 heterocycles. The van der Waals surface area contributed by atoms with E-state index >= 15 is 0 Å². The molecule has 2 N–H and O–H groups in total. The first-order valence-corrected chi connectivity index (χ1v) is 3.17. The number of carbonyl (C=O) groups is 1. The second kappa shape index (κ2) is 6.09. The van der Waals surface area contributed by atoms with E-state index in [1.165, 1.54) is 14.2 Å². The van der Waals surface area contributed by atoms with Crippen molar-refractivity contribution in [1.29, 1.82) is 0 Å². The molecule has 11 heavy (non-hydrogen) atoms. The first kappa shape index (κ1) is 10.3. The minimum absolute atomic E-state index is 0.242. The third kappa shape index (κ3) is 4.72. The molecule has 0 bridgehead atoms. The van der Waals surface area contributed by atoms with Gasteiger partial charge in [-0.25, -0.2) is 0 Å². The molecule has 0 rings (SSSR count). The van der Waals surface area contributed by atoms with Crippen LogP contribution < -0.4 is 5.32 Å². The molecule has 0 aromatic heterocycles. The van der Waals surface area contributed by atoms with Crippen LogP contribution in [0.15, 0.2) is 0 Å². The summed E-state index contributed by atoms with van der Waals surface area (Å²) in [5.74, 6) is -0.441. The fourth-order valence-corrected chi connectivity index (χ4v) is 0.516. The van der Waals surface area contributed by atoms with E-state index < -0.39 is 18.8 Å². The van der Waals surface area contributed by atoms with Crippen molar-refractivity contribution in [3.05, 3.63) is 0 Å². The number of nitrogens with one attached hydrogen (secondary N) is 1. The third-order valence-corrected chi connectivity index (χ3v) is 1.14. The molecule has 0 fully saturated rings. The first-order valence-electron chi connectivity index (χ1n) is 3.17. The van der Waals surface area contributed by atoms with Crippen LogP contribution in [-0.2, 0) is 14.3 Å². The van der Waals surface area contributed by atoms with E-state index in [1.807, 2.05) is 0 Å². The van der Waals surface area contributed by atoms with Gasteiger partial charge in [-0.2, -0.15) is 0 Å². The second-order valence-corrected chi connectivity index (χ2v) is 1.86. The zero-order valence-corrected chi connectivity index (χ0v) is 6.66. The standard InChI is InChI=1S/C6H13NO4/c1-10-6(11-2)3-7-5(9)4-8/h6,8H,3-4H2,1-2H3,(H,7,9). The Morgan fingerprint density at radius 3 is 2.45 bits per heavy atom. The predicted octanol–water partition coefficient (Wildman–Crippen LogP) is -1.29. The summed E-state index contributed by atoms with van der Waals surface area (Å²) in [4.78, 5) is 10.5. The molecule has 0 aliphatic heterocycles. The maximum atomic E-state index is 10.5. The van der Waals surface area contributed by atoms with Crippen molar-refractivity contribution >= 4 is 5.91 Å². The zero-order valence-electron chi connectivity index (χ0n) is 6.66. The van der Waals surface area contributed by atoms with Crippen molar-refractivity contribution in [2.24, 2.45) is 0 Å². The van der Waals surface area contributed by atoms with E-state index in [-0.39, 0.29) is 6.54 Å². The lowest BCUT2D eigenvalue weighted by Crippen LogP contribution is -2.35. The lowest BCUT2D eigenvalue weighted by Gasteiger charge is -2.12. The molecule has 0 aromatic carbocycles. The van der Waals surface area contributed by atoms with Crippen LogP contribution in [0.4, 0.5) is 0 Å². The van der Waals surface area contributed by atoms with Crippen LogP contribution >= 0.6 is 0 Å². The van der Waals surface area contributed by atoms with Crippen LogP contribution in [-0.4, -0.2) is 44.7 Å². The van der Waals surface area contributed by atoms with Crippen molar-refractivity contribution < 1.29 is 19.4 Å². The molecule has 0 saturated carbocycles. The Kier molecular flexibility index (Phi) is 5.73. The maximum Gasteiger partial charge on any atom is 0.245 e. The molecule has 0 saturated heterocycles. The average Bonchev–Trinajstić information content (AvgIpc) is 2.06. The fourth-order valence-electron chi connectivity index (χ4n) is 0.516. The monoisotopic (exact) mass is 163 g/mol. The molecule has 0 aromatic rings. The Labute approximate surface area is 65.3 Å². The summed E-state index contributed by atoms with van der Waals surface area (Å²) in [7, 11) is 2.94. The number of methoxy groups -OCH3 is 2. The van der Waals surface area contributed by atoms with Gasteiger partial charge in [0, 0.05) is 14.2 Å². The highest BCUT2D eigenvalue weighted by Gasteiger charge is 2.05. The molecule has 0 aliphatic rings. The van der Waals surface area contributed by atoms with Crippen molar-refractivity contribution in [3.8, 4) is 0 Å². The molecule has 5 nitrogen and oxygen atoms in total. The Morgan fingerprint density at radius 2 is 2.09 bits per heavy atom. The molecule has 0 unspecified atom stereocenters. The van der Waals surface area contributed by atoms with Gasteiger partial charge in [0.15, 0.2) is 6.29 Å². The van der Waals surface area contributed by atoms with Crippen molar-refractivity contribution in [2.45, 2.75) is 6.29 Å². The van der Waals surface area contributed by atoms with E-state index in [4.69, 9.17) is 14.6 Å². The highest BCUT2D eigenvalue weighted by atomic mass is 16.7. The van der Waals surface area contributed by atoms with Gasteiger partial charge in [0.05, 0.1) is 6.54 Å². The van der Waals surface area contributed by atoms with Gasteiger partial charge in [-0.15, -0.1) is 0 Å². The molecular formula is C6H13NO4. The van der Waals surface area contributed by atoms with E-state index in [2.05, 4.69) is 5.32 Å². The number of amides is 1. The fraction of sp³-hybridized carbons (Fsp3) is 0.833. The van der Waals surface area contributed by atoms with Gasteiger partial charge >= 0.3 is 0 Å². The molecule has 5 heteroatoms. The molecule has 1 amide bonds. The summed E-state index contributed by atoms with van der Waals surface area (Å²) in [5, 5.41) is 10.7. The van der Waals surface area contributed by atoms with E-state index in [9.17, 15) is 4.79 Å². The summed E-state index contributed by atoms with van der Waals surface area (Å²) in [6, 6.07) is 0. The van der Waals surface area contributed by atoms with E-state index in [1.54, 1.807) is 0 Å². The van der Waals surface area contributed by atoms with Crippen molar-refractivity contribution in [1.82, 2.24) is 5.32 Å². The summed E-state index contributed by atoms with van der Waals surface area (Å²) in [5.41, 5.74) is 0. The molecular weight excluding hydrogens is 150 g/mol. The van der Waals surface area contributed by atoms with Gasteiger partial charge in [0.25, 0.3) is 0 Å². The number of rotatable bonds is 5. The van der Waals surface area contributed by atoms with Gasteiger partial charge < -0.3 is 19.9 Å². The quantitative estimate of drug-likeness (QED) is 0.495. The normalized spacial score (nSPS) is 10.2. The zero-order chi connectivity index (χ0) is 8.69. The summed E-state index contributed by atoms with van der Waals surface area (Å²) >= 11 is 0. The van der Waals surface area contributed by atoms with Crippen LogP contribution in [0.5, 0.6) is 0 Å². The summed E-state index contributed by atoms with van der Waals surface area (Å²) < 4.78 is 9.55. The Balaban J connectivity index is 3.42. The number of carbonyl (C=O) groups excluding carboxylic acids is 1. The van der Waals surface area contributed by atoms with Crippen LogP contribution in [0.25, 0.3) is 0 Å². The highest BCUT2D eigenvalue weighted by molar-refractivity contribution is 5.76. The van der Waals surface area contributed by atoms with Crippen LogP contribution in [0.1, 0.15) is 0 Å². The van der Waals surface area contributed by atoms with Crippen LogP contribution in [0.2, 0.25) is 0 Å². The van der Waals surface area contributed by atoms with Crippen molar-refractivity contribution in [3.63, 3.8) is 0 Å². The lowest BCUT2D eigenvalue weighted by molar-refractivity contribution is -0.129. The molecule has 0 atom stereocenters. The Bertz CT molecular complexity index is 113. The topological polar surface area (TPSA) is 67.8 Å². The number of aliphatic hydroxyl groups is 1. The second-order valence-electron chi connectivity index (χ2n) is 1.86. The van der Waals surface area contributed by atoms with Gasteiger partial charge in [-0.1, -0.05) is 0 Å². The molecule has 0 aliphatic carbocycles. The number of hydrogen-bond donors (Lipinski definition) is 2. The summed E-state index contributed by atoms with van der Waals surface area (Å²) in [6.07, 6.45) is -0.453. The predicted molar refractivity (Wildman–Crippen MR) is 37.9 cm³/mol. The molecule has 0 radical (unpaired) electrons. The third-order valence-electron chi connectivity index (χ3n) is 1.14. The van der Waals surface area contributed by atoms with Gasteiger partial charge in [-0.3, -0.25) is 4.79 Å². The largest absolute Gasteiger partial charge is 0.387 e. The average molecular weight is 163 g/mol. The summed E-state index contributed by atoms with van der Waals surface area (Å²) in [6.45, 7) is -0.271. The van der Waals surface area contributed by atoms with E-state index in [0.717, 1.165) is 0 Å². The molecule has 66 valence electrons. The van der Waals surface area contributed by atoms with Crippen LogP contribution in [0.3, 0.4) is 0 Å². The maximum absolute atomic E-state index is 10.5. The Hall–Kier alpha value is -0.650. The van der Waals surface area contributed by atoms with Gasteiger partial charge in [0.1, 0.15) is 6.61 Å². The van der Waals surface area contributed by atoms with Gasteiger partial charge in [-0.05, 0) is 0 Å². The SMILES string of the molecule is COC(CNC(=O)CO)OC.